The van der Waals surface area contributed by atoms with E-state index in [0.29, 0.717) is 10.9 Å². The van der Waals surface area contributed by atoms with Gasteiger partial charge in [0.05, 0.1) is 10.9 Å². The number of carbonyl (C=O) groups excluding carboxylic acids is 1. The van der Waals surface area contributed by atoms with E-state index in [1.54, 1.807) is 12.1 Å². The summed E-state index contributed by atoms with van der Waals surface area (Å²) in [5.41, 5.74) is 1.21. The Morgan fingerprint density at radius 1 is 1.40 bits per heavy atom. The highest BCUT2D eigenvalue weighted by atomic mass is 16.1. The van der Waals surface area contributed by atoms with Crippen molar-refractivity contribution in [3.8, 4) is 0 Å². The number of nitrogens with one attached hydrogen (secondary N) is 1. The van der Waals surface area contributed by atoms with Gasteiger partial charge in [-0.25, -0.2) is 4.98 Å². The van der Waals surface area contributed by atoms with Crippen molar-refractivity contribution in [1.29, 1.82) is 0 Å². The Balaban J connectivity index is 2.92. The van der Waals surface area contributed by atoms with Gasteiger partial charge >= 0.3 is 0 Å². The molecule has 15 heavy (non-hydrogen) atoms. The molecule has 0 aliphatic heterocycles. The van der Waals surface area contributed by atoms with Gasteiger partial charge in [0.2, 0.25) is 0 Å². The zero-order valence-corrected chi connectivity index (χ0v) is 8.50. The average molecular weight is 202 g/mol. The number of carbonyl (C=O) groups is 1. The van der Waals surface area contributed by atoms with Gasteiger partial charge in [-0.3, -0.25) is 9.59 Å². The van der Waals surface area contributed by atoms with Gasteiger partial charge in [-0.15, -0.1) is 0 Å². The molecule has 0 unspecified atom stereocenters. The van der Waals surface area contributed by atoms with Crippen LogP contribution in [-0.2, 0) is 0 Å². The third-order valence-corrected chi connectivity index (χ3v) is 2.27. The van der Waals surface area contributed by atoms with Crippen LogP contribution >= 0.6 is 0 Å². The second-order valence-electron chi connectivity index (χ2n) is 3.44. The first-order valence-corrected chi connectivity index (χ1v) is 4.60. The predicted molar refractivity (Wildman–Crippen MR) is 57.1 cm³/mol. The van der Waals surface area contributed by atoms with E-state index in [1.165, 1.54) is 6.92 Å². The first-order chi connectivity index (χ1) is 7.09. The lowest BCUT2D eigenvalue weighted by molar-refractivity contribution is 0.100. The minimum absolute atomic E-state index is 0.113. The number of aromatic amines is 1. The molecule has 0 atom stereocenters. The highest BCUT2D eigenvalue weighted by Gasteiger charge is 2.07. The van der Waals surface area contributed by atoms with Crippen molar-refractivity contribution in [1.82, 2.24) is 9.97 Å². The molecular formula is C11H10N2O2. The summed E-state index contributed by atoms with van der Waals surface area (Å²) in [6.45, 7) is 3.24. The molecule has 1 aromatic carbocycles. The molecule has 2 rings (SSSR count). The van der Waals surface area contributed by atoms with Crippen molar-refractivity contribution in [2.75, 3.05) is 0 Å². The van der Waals surface area contributed by atoms with Gasteiger partial charge in [-0.1, -0.05) is 12.1 Å². The van der Waals surface area contributed by atoms with Gasteiger partial charge in [-0.05, 0) is 18.6 Å². The molecule has 1 aromatic heterocycles. The Kier molecular flexibility index (Phi) is 2.11. The van der Waals surface area contributed by atoms with Crippen LogP contribution in [0.15, 0.2) is 23.0 Å². The summed E-state index contributed by atoms with van der Waals surface area (Å²) < 4.78 is 0. The summed E-state index contributed by atoms with van der Waals surface area (Å²) in [4.78, 5) is 29.3. The van der Waals surface area contributed by atoms with Crippen LogP contribution in [0.4, 0.5) is 0 Å². The third kappa shape index (κ3) is 1.54. The number of aryl methyl sites for hydroxylation is 1. The zero-order valence-electron chi connectivity index (χ0n) is 8.50. The fraction of sp³-hybridized carbons (Fsp3) is 0.182. The second-order valence-corrected chi connectivity index (χ2v) is 3.44. The molecule has 0 bridgehead atoms. The summed E-state index contributed by atoms with van der Waals surface area (Å²) in [6, 6.07) is 5.35. The summed E-state index contributed by atoms with van der Waals surface area (Å²) in [6.07, 6.45) is 0. The molecule has 0 saturated heterocycles. The van der Waals surface area contributed by atoms with Crippen molar-refractivity contribution in [2.24, 2.45) is 0 Å². The Hall–Kier alpha value is -1.97. The number of para-hydroxylation sites is 1. The number of ketones is 1. The lowest BCUT2D eigenvalue weighted by Gasteiger charge is -2.01. The number of nitrogens with zero attached hydrogens (tertiary/aromatic N) is 1. The first kappa shape index (κ1) is 9.58. The van der Waals surface area contributed by atoms with E-state index in [0.717, 1.165) is 5.56 Å². The molecule has 76 valence electrons. The monoisotopic (exact) mass is 202 g/mol. The van der Waals surface area contributed by atoms with E-state index in [2.05, 4.69) is 9.97 Å². The van der Waals surface area contributed by atoms with E-state index in [9.17, 15) is 9.59 Å². The maximum absolute atomic E-state index is 11.6. The molecule has 0 aliphatic carbocycles. The molecule has 0 saturated carbocycles. The van der Waals surface area contributed by atoms with Gasteiger partial charge < -0.3 is 4.98 Å². The van der Waals surface area contributed by atoms with E-state index >= 15 is 0 Å². The Labute approximate surface area is 86.0 Å². The minimum atomic E-state index is -0.270. The number of rotatable bonds is 1. The number of benzene rings is 1. The fourth-order valence-corrected chi connectivity index (χ4v) is 1.47. The summed E-state index contributed by atoms with van der Waals surface area (Å²) in [5, 5.41) is 0.514. The standard InChI is InChI=1S/C11H10N2O2/c1-6-4-3-5-8-9(6)12-10(7(2)14)13-11(8)15/h3-5H,1-2H3,(H,12,13,15). The third-order valence-electron chi connectivity index (χ3n) is 2.27. The zero-order chi connectivity index (χ0) is 11.0. The number of hydrogen-bond acceptors (Lipinski definition) is 3. The molecule has 2 aromatic rings. The van der Waals surface area contributed by atoms with E-state index in [4.69, 9.17) is 0 Å². The molecular weight excluding hydrogens is 192 g/mol. The lowest BCUT2D eigenvalue weighted by atomic mass is 10.1. The molecule has 0 aliphatic rings. The first-order valence-electron chi connectivity index (χ1n) is 4.60. The number of fused-ring (bicyclic) bond motifs is 1. The highest BCUT2D eigenvalue weighted by molar-refractivity contribution is 5.92. The minimum Gasteiger partial charge on any atom is -0.303 e. The fourth-order valence-electron chi connectivity index (χ4n) is 1.47. The van der Waals surface area contributed by atoms with E-state index < -0.39 is 0 Å². The molecule has 4 nitrogen and oxygen atoms in total. The number of aromatic nitrogens is 2. The molecule has 0 spiro atoms. The van der Waals surface area contributed by atoms with Crippen molar-refractivity contribution >= 4 is 16.7 Å². The molecule has 1 N–H and O–H groups in total. The largest absolute Gasteiger partial charge is 0.303 e. The van der Waals surface area contributed by atoms with Gasteiger partial charge in [0, 0.05) is 6.92 Å². The predicted octanol–water partition coefficient (Wildman–Crippen LogP) is 1.43. The average Bonchev–Trinajstić information content (AvgIpc) is 2.19. The summed E-state index contributed by atoms with van der Waals surface area (Å²) >= 11 is 0. The van der Waals surface area contributed by atoms with Crippen LogP contribution in [-0.4, -0.2) is 15.8 Å². The van der Waals surface area contributed by atoms with E-state index in [-0.39, 0.29) is 17.2 Å². The Morgan fingerprint density at radius 2 is 2.13 bits per heavy atom. The quantitative estimate of drug-likeness (QED) is 0.711. The number of H-pyrrole nitrogens is 1. The lowest BCUT2D eigenvalue weighted by Crippen LogP contribution is -2.14. The van der Waals surface area contributed by atoms with Crippen LogP contribution in [0.1, 0.15) is 23.1 Å². The molecule has 0 amide bonds. The van der Waals surface area contributed by atoms with Crippen LogP contribution in [0.3, 0.4) is 0 Å². The van der Waals surface area contributed by atoms with Crippen molar-refractivity contribution < 1.29 is 4.79 Å². The van der Waals surface area contributed by atoms with Crippen LogP contribution < -0.4 is 5.56 Å². The van der Waals surface area contributed by atoms with Gasteiger partial charge in [0.1, 0.15) is 0 Å². The van der Waals surface area contributed by atoms with E-state index in [1.807, 2.05) is 13.0 Å². The van der Waals surface area contributed by atoms with Crippen molar-refractivity contribution in [3.05, 3.63) is 39.9 Å². The van der Waals surface area contributed by atoms with Crippen LogP contribution in [0, 0.1) is 6.92 Å². The maximum Gasteiger partial charge on any atom is 0.259 e. The van der Waals surface area contributed by atoms with Crippen LogP contribution in [0.25, 0.3) is 10.9 Å². The topological polar surface area (TPSA) is 62.8 Å². The molecule has 1 heterocycles. The van der Waals surface area contributed by atoms with Crippen molar-refractivity contribution in [3.63, 3.8) is 0 Å². The highest BCUT2D eigenvalue weighted by Crippen LogP contribution is 2.11. The van der Waals surface area contributed by atoms with Crippen molar-refractivity contribution in [2.45, 2.75) is 13.8 Å². The number of Topliss-reactive ketones (excluding diaryl/α,β-unsaturated/α-hetero) is 1. The molecule has 4 heteroatoms. The normalized spacial score (nSPS) is 10.5. The van der Waals surface area contributed by atoms with Crippen LogP contribution in [0.5, 0.6) is 0 Å². The smallest absolute Gasteiger partial charge is 0.259 e. The SMILES string of the molecule is CC(=O)c1nc2c(C)cccc2c(=O)[nH]1. The Bertz CT molecular complexity index is 599. The van der Waals surface area contributed by atoms with Gasteiger partial charge in [-0.2, -0.15) is 0 Å². The van der Waals surface area contributed by atoms with Gasteiger partial charge in [0.25, 0.3) is 5.56 Å². The molecule has 0 fully saturated rings. The van der Waals surface area contributed by atoms with Crippen LogP contribution in [0.2, 0.25) is 0 Å². The number of hydrogen-bond donors (Lipinski definition) is 1. The molecule has 0 radical (unpaired) electrons. The summed E-state index contributed by atoms with van der Waals surface area (Å²) in [5.74, 6) is -0.126. The van der Waals surface area contributed by atoms with Gasteiger partial charge in [0.15, 0.2) is 11.6 Å². The second kappa shape index (κ2) is 3.31. The maximum atomic E-state index is 11.6. The Morgan fingerprint density at radius 3 is 2.80 bits per heavy atom. The summed E-state index contributed by atoms with van der Waals surface area (Å²) in [7, 11) is 0.